The average Bonchev–Trinajstić information content (AvgIpc) is 3.13. The van der Waals surface area contributed by atoms with Gasteiger partial charge in [0.15, 0.2) is 23.0 Å². The van der Waals surface area contributed by atoms with Crippen LogP contribution in [0.1, 0.15) is 17.5 Å². The lowest BCUT2D eigenvalue weighted by Crippen LogP contribution is -2.25. The molecule has 1 aliphatic heterocycles. The smallest absolute Gasteiger partial charge is 0.231 e. The van der Waals surface area contributed by atoms with E-state index in [1.54, 1.807) is 14.2 Å². The molecule has 1 amide bonds. The highest BCUT2D eigenvalue weighted by Gasteiger charge is 2.13. The minimum atomic E-state index is 0.00983. The monoisotopic (exact) mass is 357 g/mol. The van der Waals surface area contributed by atoms with E-state index in [1.165, 1.54) is 0 Å². The average molecular weight is 357 g/mol. The Morgan fingerprint density at radius 2 is 1.92 bits per heavy atom. The molecule has 6 nitrogen and oxygen atoms in total. The summed E-state index contributed by atoms with van der Waals surface area (Å²) in [6.45, 7) is 0.844. The first-order chi connectivity index (χ1) is 12.7. The Kier molecular flexibility index (Phi) is 5.84. The predicted molar refractivity (Wildman–Crippen MR) is 97.1 cm³/mol. The maximum Gasteiger partial charge on any atom is 0.231 e. The lowest BCUT2D eigenvalue weighted by molar-refractivity contribution is -0.121. The Labute approximate surface area is 153 Å². The first-order valence-corrected chi connectivity index (χ1v) is 8.56. The number of ether oxygens (including phenoxy) is 4. The summed E-state index contributed by atoms with van der Waals surface area (Å²) in [5.74, 6) is 2.90. The molecule has 2 aromatic carbocycles. The molecule has 0 unspecified atom stereocenters. The highest BCUT2D eigenvalue weighted by atomic mass is 16.7. The van der Waals surface area contributed by atoms with E-state index in [-0.39, 0.29) is 12.7 Å². The number of hydrogen-bond acceptors (Lipinski definition) is 5. The van der Waals surface area contributed by atoms with Crippen molar-refractivity contribution in [1.82, 2.24) is 5.32 Å². The van der Waals surface area contributed by atoms with Crippen molar-refractivity contribution in [3.05, 3.63) is 47.5 Å². The molecule has 0 bridgehead atoms. The van der Waals surface area contributed by atoms with Crippen molar-refractivity contribution >= 4 is 5.91 Å². The predicted octanol–water partition coefficient (Wildman–Crippen LogP) is 2.72. The van der Waals surface area contributed by atoms with Crippen LogP contribution in [-0.4, -0.2) is 33.5 Å². The molecule has 138 valence electrons. The van der Waals surface area contributed by atoms with Gasteiger partial charge in [-0.25, -0.2) is 0 Å². The zero-order chi connectivity index (χ0) is 18.4. The maximum atomic E-state index is 12.1. The fourth-order valence-electron chi connectivity index (χ4n) is 2.93. The second kappa shape index (κ2) is 8.47. The molecule has 0 saturated heterocycles. The fraction of sp³-hybridized carbons (Fsp3) is 0.350. The number of para-hydroxylation sites is 1. The Bertz CT molecular complexity index is 775. The summed E-state index contributed by atoms with van der Waals surface area (Å²) in [5.41, 5.74) is 2.06. The number of hydrogen-bond donors (Lipinski definition) is 1. The number of carbonyl (C=O) groups excluding carboxylic acids is 1. The third kappa shape index (κ3) is 4.20. The van der Waals surface area contributed by atoms with Gasteiger partial charge in [-0.2, -0.15) is 0 Å². The van der Waals surface area contributed by atoms with Gasteiger partial charge in [0, 0.05) is 13.0 Å². The van der Waals surface area contributed by atoms with Crippen molar-refractivity contribution in [2.75, 3.05) is 27.6 Å². The molecule has 26 heavy (non-hydrogen) atoms. The number of amides is 1. The van der Waals surface area contributed by atoms with Crippen LogP contribution in [-0.2, 0) is 17.6 Å². The number of aryl methyl sites for hydroxylation is 1. The van der Waals surface area contributed by atoms with Crippen LogP contribution < -0.4 is 24.3 Å². The highest BCUT2D eigenvalue weighted by molar-refractivity contribution is 5.76. The van der Waals surface area contributed by atoms with E-state index in [1.807, 2.05) is 36.4 Å². The van der Waals surface area contributed by atoms with Crippen molar-refractivity contribution < 1.29 is 23.7 Å². The van der Waals surface area contributed by atoms with E-state index in [9.17, 15) is 4.79 Å². The Balaban J connectivity index is 1.46. The Hall–Kier alpha value is -2.89. The third-order valence-electron chi connectivity index (χ3n) is 4.28. The number of benzene rings is 2. The van der Waals surface area contributed by atoms with Crippen molar-refractivity contribution in [2.45, 2.75) is 19.3 Å². The van der Waals surface area contributed by atoms with Gasteiger partial charge in [0.2, 0.25) is 12.7 Å². The van der Waals surface area contributed by atoms with Crippen LogP contribution in [0.4, 0.5) is 0 Å². The number of carbonyl (C=O) groups is 1. The number of rotatable bonds is 8. The lowest BCUT2D eigenvalue weighted by atomic mass is 10.1. The van der Waals surface area contributed by atoms with Gasteiger partial charge in [0.05, 0.1) is 14.2 Å². The van der Waals surface area contributed by atoms with Crippen LogP contribution in [0.5, 0.6) is 23.0 Å². The molecule has 0 saturated carbocycles. The zero-order valence-corrected chi connectivity index (χ0v) is 15.0. The quantitative estimate of drug-likeness (QED) is 0.787. The Morgan fingerprint density at radius 1 is 1.08 bits per heavy atom. The van der Waals surface area contributed by atoms with Gasteiger partial charge >= 0.3 is 0 Å². The van der Waals surface area contributed by atoms with Gasteiger partial charge < -0.3 is 24.3 Å². The summed E-state index contributed by atoms with van der Waals surface area (Å²) in [5, 5.41) is 2.95. The number of methoxy groups -OCH3 is 2. The van der Waals surface area contributed by atoms with E-state index in [2.05, 4.69) is 5.32 Å². The molecule has 6 heteroatoms. The minimum absolute atomic E-state index is 0.00983. The number of nitrogens with one attached hydrogen (secondary N) is 1. The van der Waals surface area contributed by atoms with Crippen LogP contribution in [0.3, 0.4) is 0 Å². The molecule has 1 N–H and O–H groups in total. The van der Waals surface area contributed by atoms with Crippen LogP contribution in [0, 0.1) is 0 Å². The second-order valence-electron chi connectivity index (χ2n) is 5.94. The first kappa shape index (κ1) is 17.9. The SMILES string of the molecule is COc1cccc(CCC(=O)NCCc2ccc3c(c2)OCO3)c1OC. The standard InChI is InChI=1S/C20H23NO5/c1-23-17-5-3-4-15(20(17)24-2)7-9-19(22)21-11-10-14-6-8-16-18(12-14)26-13-25-16/h3-6,8,12H,7,9-11,13H2,1-2H3,(H,21,22). The van der Waals surface area contributed by atoms with Crippen LogP contribution >= 0.6 is 0 Å². The van der Waals surface area contributed by atoms with Gasteiger partial charge in [0.25, 0.3) is 0 Å². The second-order valence-corrected chi connectivity index (χ2v) is 5.94. The molecule has 3 rings (SSSR count). The molecule has 0 aliphatic carbocycles. The summed E-state index contributed by atoms with van der Waals surface area (Å²) in [6.07, 6.45) is 1.73. The van der Waals surface area contributed by atoms with Crippen LogP contribution in [0.15, 0.2) is 36.4 Å². The van der Waals surface area contributed by atoms with E-state index >= 15 is 0 Å². The van der Waals surface area contributed by atoms with Crippen LogP contribution in [0.2, 0.25) is 0 Å². The van der Waals surface area contributed by atoms with Crippen molar-refractivity contribution in [3.63, 3.8) is 0 Å². The topological polar surface area (TPSA) is 66.0 Å². The van der Waals surface area contributed by atoms with Gasteiger partial charge in [0.1, 0.15) is 0 Å². The molecule has 0 aromatic heterocycles. The zero-order valence-electron chi connectivity index (χ0n) is 15.0. The minimum Gasteiger partial charge on any atom is -0.493 e. The van der Waals surface area contributed by atoms with E-state index in [0.29, 0.717) is 30.9 Å². The summed E-state index contributed by atoms with van der Waals surface area (Å²) < 4.78 is 21.3. The lowest BCUT2D eigenvalue weighted by Gasteiger charge is -2.12. The van der Waals surface area contributed by atoms with Crippen LogP contribution in [0.25, 0.3) is 0 Å². The third-order valence-corrected chi connectivity index (χ3v) is 4.28. The molecule has 0 atom stereocenters. The Morgan fingerprint density at radius 3 is 2.73 bits per heavy atom. The van der Waals surface area contributed by atoms with Gasteiger partial charge in [-0.1, -0.05) is 18.2 Å². The largest absolute Gasteiger partial charge is 0.493 e. The molecule has 0 radical (unpaired) electrons. The molecule has 0 spiro atoms. The van der Waals surface area contributed by atoms with Gasteiger partial charge in [-0.15, -0.1) is 0 Å². The fourth-order valence-corrected chi connectivity index (χ4v) is 2.93. The molecule has 1 heterocycles. The first-order valence-electron chi connectivity index (χ1n) is 8.56. The number of fused-ring (bicyclic) bond motifs is 1. The highest BCUT2D eigenvalue weighted by Crippen LogP contribution is 2.33. The summed E-state index contributed by atoms with van der Waals surface area (Å²) in [7, 11) is 3.21. The van der Waals surface area contributed by atoms with E-state index in [0.717, 1.165) is 29.0 Å². The summed E-state index contributed by atoms with van der Waals surface area (Å²) >= 11 is 0. The van der Waals surface area contributed by atoms with Crippen molar-refractivity contribution in [3.8, 4) is 23.0 Å². The molecule has 1 aliphatic rings. The molecular weight excluding hydrogens is 334 g/mol. The van der Waals surface area contributed by atoms with Gasteiger partial charge in [-0.05, 0) is 42.2 Å². The summed E-state index contributed by atoms with van der Waals surface area (Å²) in [6, 6.07) is 11.5. The molecular formula is C20H23NO5. The van der Waals surface area contributed by atoms with E-state index in [4.69, 9.17) is 18.9 Å². The molecule has 0 fully saturated rings. The van der Waals surface area contributed by atoms with E-state index < -0.39 is 0 Å². The van der Waals surface area contributed by atoms with Crippen molar-refractivity contribution in [1.29, 1.82) is 0 Å². The maximum absolute atomic E-state index is 12.1. The molecule has 2 aromatic rings. The van der Waals surface area contributed by atoms with Crippen molar-refractivity contribution in [2.24, 2.45) is 0 Å². The van der Waals surface area contributed by atoms with Gasteiger partial charge in [-0.3, -0.25) is 4.79 Å². The summed E-state index contributed by atoms with van der Waals surface area (Å²) in [4.78, 5) is 12.1. The normalized spacial score (nSPS) is 11.9.